The molecule has 0 saturated heterocycles. The molecule has 0 radical (unpaired) electrons. The van der Waals surface area contributed by atoms with E-state index in [0.717, 1.165) is 30.3 Å². The van der Waals surface area contributed by atoms with E-state index in [2.05, 4.69) is 39.6 Å². The van der Waals surface area contributed by atoms with Crippen LogP contribution in [0.5, 0.6) is 0 Å². The Balaban J connectivity index is 1.60. The van der Waals surface area contributed by atoms with E-state index in [4.69, 9.17) is 0 Å². The maximum absolute atomic E-state index is 4.24. The van der Waals surface area contributed by atoms with E-state index in [9.17, 15) is 0 Å². The Morgan fingerprint density at radius 1 is 1.39 bits per heavy atom. The first-order valence-corrected chi connectivity index (χ1v) is 7.46. The second-order valence-corrected chi connectivity index (χ2v) is 5.54. The number of nitrogens with one attached hydrogen (secondary N) is 2. The first-order valence-electron chi connectivity index (χ1n) is 6.30. The van der Waals surface area contributed by atoms with Gasteiger partial charge in [-0.2, -0.15) is 11.8 Å². The molecule has 0 aliphatic carbocycles. The zero-order valence-corrected chi connectivity index (χ0v) is 11.0. The van der Waals surface area contributed by atoms with Crippen LogP contribution < -0.4 is 5.32 Å². The van der Waals surface area contributed by atoms with Crippen molar-refractivity contribution in [1.82, 2.24) is 15.3 Å². The normalized spacial score (nSPS) is 18.6. The number of benzene rings is 1. The molecule has 1 aliphatic rings. The zero-order chi connectivity index (χ0) is 12.2. The molecular formula is C14H17N3S. The maximum Gasteiger partial charge on any atom is 0.107 e. The summed E-state index contributed by atoms with van der Waals surface area (Å²) in [5.74, 6) is 3.36. The fourth-order valence-corrected chi connectivity index (χ4v) is 3.48. The molecule has 1 unspecified atom stereocenters. The summed E-state index contributed by atoms with van der Waals surface area (Å²) in [7, 11) is 0. The molecule has 2 N–H and O–H groups in total. The Labute approximate surface area is 111 Å². The summed E-state index contributed by atoms with van der Waals surface area (Å²) in [5, 5.41) is 3.64. The number of fused-ring (bicyclic) bond motifs is 1. The van der Waals surface area contributed by atoms with Crippen molar-refractivity contribution in [3.63, 3.8) is 0 Å². The van der Waals surface area contributed by atoms with Gasteiger partial charge < -0.3 is 10.3 Å². The van der Waals surface area contributed by atoms with E-state index >= 15 is 0 Å². The first-order chi connectivity index (χ1) is 8.93. The second-order valence-electron chi connectivity index (χ2n) is 4.51. The lowest BCUT2D eigenvalue weighted by Crippen LogP contribution is -2.28. The van der Waals surface area contributed by atoms with Crippen molar-refractivity contribution >= 4 is 11.8 Å². The fourth-order valence-electron chi connectivity index (χ4n) is 2.35. The van der Waals surface area contributed by atoms with E-state index in [-0.39, 0.29) is 0 Å². The SMILES string of the molecule is c1ccc2c(c1)CSCC2NCCc1ncc[nH]1. The summed E-state index contributed by atoms with van der Waals surface area (Å²) in [6, 6.07) is 9.23. The van der Waals surface area contributed by atoms with Crippen molar-refractivity contribution in [2.75, 3.05) is 12.3 Å². The van der Waals surface area contributed by atoms with Gasteiger partial charge in [-0.1, -0.05) is 24.3 Å². The van der Waals surface area contributed by atoms with Gasteiger partial charge in [-0.3, -0.25) is 0 Å². The molecule has 0 amide bonds. The number of nitrogens with zero attached hydrogens (tertiary/aromatic N) is 1. The summed E-state index contributed by atoms with van der Waals surface area (Å²) in [6.45, 7) is 0.965. The molecule has 94 valence electrons. The molecule has 0 spiro atoms. The topological polar surface area (TPSA) is 40.7 Å². The molecule has 2 aromatic rings. The van der Waals surface area contributed by atoms with Crippen molar-refractivity contribution in [1.29, 1.82) is 0 Å². The molecule has 2 heterocycles. The van der Waals surface area contributed by atoms with Crippen molar-refractivity contribution in [2.24, 2.45) is 0 Å². The Morgan fingerprint density at radius 3 is 3.22 bits per heavy atom. The molecule has 4 heteroatoms. The van der Waals surface area contributed by atoms with Gasteiger partial charge in [-0.25, -0.2) is 4.98 Å². The molecule has 1 aromatic carbocycles. The number of thioether (sulfide) groups is 1. The summed E-state index contributed by atoms with van der Waals surface area (Å²) < 4.78 is 0. The van der Waals surface area contributed by atoms with Crippen LogP contribution in [0.4, 0.5) is 0 Å². The third-order valence-electron chi connectivity index (χ3n) is 3.28. The van der Waals surface area contributed by atoms with Crippen LogP contribution in [0.3, 0.4) is 0 Å². The lowest BCUT2D eigenvalue weighted by molar-refractivity contribution is 0.572. The predicted octanol–water partition coefficient (Wildman–Crippen LogP) is 2.53. The van der Waals surface area contributed by atoms with Crippen molar-refractivity contribution in [2.45, 2.75) is 18.2 Å². The lowest BCUT2D eigenvalue weighted by atomic mass is 10.0. The maximum atomic E-state index is 4.24. The first kappa shape index (κ1) is 11.8. The monoisotopic (exact) mass is 259 g/mol. The van der Waals surface area contributed by atoms with E-state index < -0.39 is 0 Å². The number of aromatic nitrogens is 2. The molecule has 3 rings (SSSR count). The third kappa shape index (κ3) is 2.60. The Morgan fingerprint density at radius 2 is 2.33 bits per heavy atom. The lowest BCUT2D eigenvalue weighted by Gasteiger charge is -2.26. The number of hydrogen-bond donors (Lipinski definition) is 2. The van der Waals surface area contributed by atoms with Gasteiger partial charge in [0.15, 0.2) is 0 Å². The summed E-state index contributed by atoms with van der Waals surface area (Å²) >= 11 is 2.01. The van der Waals surface area contributed by atoms with E-state index in [1.807, 2.05) is 18.0 Å². The van der Waals surface area contributed by atoms with Crippen molar-refractivity contribution < 1.29 is 0 Å². The standard InChI is InChI=1S/C14H17N3S/c1-2-4-12-11(3-1)9-18-10-13(12)15-6-5-14-16-7-8-17-14/h1-4,7-8,13,15H,5-6,9-10H2,(H,16,17). The highest BCUT2D eigenvalue weighted by Gasteiger charge is 2.19. The molecule has 0 fully saturated rings. The van der Waals surface area contributed by atoms with Gasteiger partial charge in [0.1, 0.15) is 5.82 Å². The van der Waals surface area contributed by atoms with E-state index in [1.165, 1.54) is 11.1 Å². The van der Waals surface area contributed by atoms with Gasteiger partial charge in [0, 0.05) is 42.9 Å². The average Bonchev–Trinajstić information content (AvgIpc) is 2.92. The van der Waals surface area contributed by atoms with Crippen LogP contribution >= 0.6 is 11.8 Å². The van der Waals surface area contributed by atoms with Gasteiger partial charge in [0.25, 0.3) is 0 Å². The van der Waals surface area contributed by atoms with Crippen LogP contribution in [-0.4, -0.2) is 22.3 Å². The smallest absolute Gasteiger partial charge is 0.107 e. The molecule has 0 bridgehead atoms. The molecule has 1 atom stereocenters. The van der Waals surface area contributed by atoms with Gasteiger partial charge in [0.2, 0.25) is 0 Å². The Bertz CT molecular complexity index is 496. The Kier molecular flexibility index (Phi) is 3.67. The molecule has 1 aliphatic heterocycles. The highest BCUT2D eigenvalue weighted by Crippen LogP contribution is 2.31. The van der Waals surface area contributed by atoms with Crippen molar-refractivity contribution in [3.8, 4) is 0 Å². The largest absolute Gasteiger partial charge is 0.349 e. The highest BCUT2D eigenvalue weighted by molar-refractivity contribution is 7.98. The van der Waals surface area contributed by atoms with Crippen LogP contribution in [0, 0.1) is 0 Å². The molecule has 18 heavy (non-hydrogen) atoms. The van der Waals surface area contributed by atoms with Gasteiger partial charge in [-0.15, -0.1) is 0 Å². The zero-order valence-electron chi connectivity index (χ0n) is 10.2. The minimum absolute atomic E-state index is 0.481. The second kappa shape index (κ2) is 5.59. The number of rotatable bonds is 4. The van der Waals surface area contributed by atoms with Crippen molar-refractivity contribution in [3.05, 3.63) is 53.6 Å². The number of aromatic amines is 1. The van der Waals surface area contributed by atoms with Crippen LogP contribution in [0.2, 0.25) is 0 Å². The molecule has 1 aromatic heterocycles. The van der Waals surface area contributed by atoms with Gasteiger partial charge in [-0.05, 0) is 11.1 Å². The summed E-state index contributed by atoms with van der Waals surface area (Å²) in [4.78, 5) is 7.38. The number of hydrogen-bond acceptors (Lipinski definition) is 3. The summed E-state index contributed by atoms with van der Waals surface area (Å²) in [6.07, 6.45) is 4.64. The van der Waals surface area contributed by atoms with Crippen LogP contribution in [0.15, 0.2) is 36.7 Å². The van der Waals surface area contributed by atoms with E-state index in [0.29, 0.717) is 6.04 Å². The molecular weight excluding hydrogens is 242 g/mol. The van der Waals surface area contributed by atoms with E-state index in [1.54, 1.807) is 6.20 Å². The van der Waals surface area contributed by atoms with Crippen LogP contribution in [0.25, 0.3) is 0 Å². The molecule has 0 saturated carbocycles. The fraction of sp³-hybridized carbons (Fsp3) is 0.357. The average molecular weight is 259 g/mol. The number of H-pyrrole nitrogens is 1. The predicted molar refractivity (Wildman–Crippen MR) is 75.6 cm³/mol. The highest BCUT2D eigenvalue weighted by atomic mass is 32.2. The third-order valence-corrected chi connectivity index (χ3v) is 4.36. The quantitative estimate of drug-likeness (QED) is 0.886. The number of imidazole rings is 1. The Hall–Kier alpha value is -1.26. The van der Waals surface area contributed by atoms with Gasteiger partial charge in [0.05, 0.1) is 0 Å². The minimum Gasteiger partial charge on any atom is -0.349 e. The van der Waals surface area contributed by atoms with Gasteiger partial charge >= 0.3 is 0 Å². The molecule has 3 nitrogen and oxygen atoms in total. The summed E-state index contributed by atoms with van der Waals surface area (Å²) in [5.41, 5.74) is 2.94. The minimum atomic E-state index is 0.481. The van der Waals surface area contributed by atoms with Crippen LogP contribution in [-0.2, 0) is 12.2 Å². The van der Waals surface area contributed by atoms with Crippen LogP contribution in [0.1, 0.15) is 23.0 Å².